The standard InChI is InChI=1S/C19H14F3N3O/c1-13(25-17-5-7-18(8-6-17)26-19(20,21)22)14-3-2-4-15(9-14)16-10-23-12-24-11-16/h2-12,25H,1H2. The zero-order valence-electron chi connectivity index (χ0n) is 13.5. The SMILES string of the molecule is C=C(Nc1ccc(OC(F)(F)F)cc1)c1cccc(-c2cncnc2)c1. The van der Waals surface area contributed by atoms with Crippen LogP contribution in [0.3, 0.4) is 0 Å². The molecule has 0 aliphatic rings. The van der Waals surface area contributed by atoms with Gasteiger partial charge in [-0.3, -0.25) is 0 Å². The first kappa shape index (κ1) is 17.5. The number of rotatable bonds is 5. The van der Waals surface area contributed by atoms with E-state index in [2.05, 4.69) is 26.6 Å². The topological polar surface area (TPSA) is 47.0 Å². The van der Waals surface area contributed by atoms with Gasteiger partial charge in [0.15, 0.2) is 0 Å². The van der Waals surface area contributed by atoms with Crippen LogP contribution in [0.15, 0.2) is 73.8 Å². The minimum absolute atomic E-state index is 0.278. The minimum atomic E-state index is -4.71. The van der Waals surface area contributed by atoms with Gasteiger partial charge in [-0.1, -0.05) is 24.8 Å². The van der Waals surface area contributed by atoms with Crippen LogP contribution >= 0.6 is 0 Å². The largest absolute Gasteiger partial charge is 0.573 e. The highest BCUT2D eigenvalue weighted by atomic mass is 19.4. The minimum Gasteiger partial charge on any atom is -0.406 e. The van der Waals surface area contributed by atoms with Gasteiger partial charge < -0.3 is 10.1 Å². The smallest absolute Gasteiger partial charge is 0.406 e. The van der Waals surface area contributed by atoms with E-state index in [9.17, 15) is 13.2 Å². The predicted octanol–water partition coefficient (Wildman–Crippen LogP) is 5.13. The lowest BCUT2D eigenvalue weighted by Gasteiger charge is -2.13. The summed E-state index contributed by atoms with van der Waals surface area (Å²) in [5.41, 5.74) is 3.84. The molecule has 132 valence electrons. The fourth-order valence-corrected chi connectivity index (χ4v) is 2.32. The van der Waals surface area contributed by atoms with Crippen LogP contribution in [0.4, 0.5) is 18.9 Å². The van der Waals surface area contributed by atoms with E-state index in [1.165, 1.54) is 30.6 Å². The maximum atomic E-state index is 12.2. The van der Waals surface area contributed by atoms with Crippen molar-refractivity contribution >= 4 is 11.4 Å². The van der Waals surface area contributed by atoms with Crippen molar-refractivity contribution < 1.29 is 17.9 Å². The molecule has 7 heteroatoms. The van der Waals surface area contributed by atoms with Crippen molar-refractivity contribution in [3.05, 3.63) is 79.4 Å². The van der Waals surface area contributed by atoms with E-state index in [-0.39, 0.29) is 5.75 Å². The van der Waals surface area contributed by atoms with Crippen molar-refractivity contribution in [3.63, 3.8) is 0 Å². The molecule has 0 spiro atoms. The average Bonchev–Trinajstić information content (AvgIpc) is 2.63. The van der Waals surface area contributed by atoms with E-state index in [1.807, 2.05) is 24.3 Å². The summed E-state index contributed by atoms with van der Waals surface area (Å²) >= 11 is 0. The molecule has 0 fully saturated rings. The van der Waals surface area contributed by atoms with E-state index in [1.54, 1.807) is 12.4 Å². The van der Waals surface area contributed by atoms with E-state index >= 15 is 0 Å². The lowest BCUT2D eigenvalue weighted by molar-refractivity contribution is -0.274. The fraction of sp³-hybridized carbons (Fsp3) is 0.0526. The van der Waals surface area contributed by atoms with Gasteiger partial charge in [0.05, 0.1) is 0 Å². The summed E-state index contributed by atoms with van der Waals surface area (Å²) in [6.45, 7) is 3.98. The monoisotopic (exact) mass is 357 g/mol. The Hall–Kier alpha value is -3.35. The van der Waals surface area contributed by atoms with Crippen molar-refractivity contribution in [2.24, 2.45) is 0 Å². The van der Waals surface area contributed by atoms with Crippen LogP contribution in [-0.4, -0.2) is 16.3 Å². The number of anilines is 1. The second kappa shape index (κ2) is 7.26. The number of nitrogens with zero attached hydrogens (tertiary/aromatic N) is 2. The van der Waals surface area contributed by atoms with E-state index < -0.39 is 6.36 Å². The maximum Gasteiger partial charge on any atom is 0.573 e. The molecule has 0 bridgehead atoms. The Morgan fingerprint density at radius 2 is 1.65 bits per heavy atom. The number of aromatic nitrogens is 2. The number of halogens is 3. The number of alkyl halides is 3. The third-order valence-electron chi connectivity index (χ3n) is 3.49. The number of nitrogens with one attached hydrogen (secondary N) is 1. The summed E-state index contributed by atoms with van der Waals surface area (Å²) in [7, 11) is 0. The van der Waals surface area contributed by atoms with Gasteiger partial charge in [0.1, 0.15) is 12.1 Å². The summed E-state index contributed by atoms with van der Waals surface area (Å²) in [6.07, 6.45) is 0.170. The Morgan fingerprint density at radius 3 is 2.31 bits per heavy atom. The lowest BCUT2D eigenvalue weighted by Crippen LogP contribution is -2.17. The molecular formula is C19H14F3N3O. The molecule has 1 aromatic heterocycles. The molecule has 3 rings (SSSR count). The second-order valence-corrected chi connectivity index (χ2v) is 5.38. The fourth-order valence-electron chi connectivity index (χ4n) is 2.32. The van der Waals surface area contributed by atoms with Crippen LogP contribution in [0.25, 0.3) is 16.8 Å². The van der Waals surface area contributed by atoms with Crippen molar-refractivity contribution in [3.8, 4) is 16.9 Å². The van der Waals surface area contributed by atoms with Crippen LogP contribution in [0.1, 0.15) is 5.56 Å². The summed E-state index contributed by atoms with van der Waals surface area (Å²) in [4.78, 5) is 7.99. The zero-order chi connectivity index (χ0) is 18.6. The van der Waals surface area contributed by atoms with Gasteiger partial charge in [-0.05, 0) is 41.5 Å². The zero-order valence-corrected chi connectivity index (χ0v) is 13.5. The molecule has 4 nitrogen and oxygen atoms in total. The molecular weight excluding hydrogens is 343 g/mol. The summed E-state index contributed by atoms with van der Waals surface area (Å²) < 4.78 is 40.4. The van der Waals surface area contributed by atoms with E-state index in [0.717, 1.165) is 16.7 Å². The molecule has 0 aliphatic heterocycles. The van der Waals surface area contributed by atoms with Crippen LogP contribution in [0, 0.1) is 0 Å². The van der Waals surface area contributed by atoms with Crippen molar-refractivity contribution in [2.75, 3.05) is 5.32 Å². The third-order valence-corrected chi connectivity index (χ3v) is 3.49. The highest BCUT2D eigenvalue weighted by molar-refractivity contribution is 5.78. The first-order valence-electron chi connectivity index (χ1n) is 7.58. The first-order valence-corrected chi connectivity index (χ1v) is 7.58. The molecule has 0 atom stereocenters. The first-order chi connectivity index (χ1) is 12.4. The molecule has 0 amide bonds. The molecule has 0 unspecified atom stereocenters. The molecule has 0 radical (unpaired) electrons. The van der Waals surface area contributed by atoms with Crippen LogP contribution < -0.4 is 10.1 Å². The number of hydrogen-bond acceptors (Lipinski definition) is 4. The molecule has 0 saturated heterocycles. The number of hydrogen-bond donors (Lipinski definition) is 1. The van der Waals surface area contributed by atoms with Gasteiger partial charge in [-0.15, -0.1) is 13.2 Å². The molecule has 2 aromatic carbocycles. The molecule has 0 saturated carbocycles. The molecule has 1 N–H and O–H groups in total. The molecule has 26 heavy (non-hydrogen) atoms. The van der Waals surface area contributed by atoms with Crippen LogP contribution in [0.5, 0.6) is 5.75 Å². The third kappa shape index (κ3) is 4.60. The lowest BCUT2D eigenvalue weighted by atomic mass is 10.0. The normalized spacial score (nSPS) is 11.0. The Bertz CT molecular complexity index is 894. The molecule has 3 aromatic rings. The average molecular weight is 357 g/mol. The summed E-state index contributed by atoms with van der Waals surface area (Å²) in [5, 5.41) is 3.06. The Morgan fingerprint density at radius 1 is 0.962 bits per heavy atom. The van der Waals surface area contributed by atoms with Crippen LogP contribution in [0.2, 0.25) is 0 Å². The quantitative estimate of drug-likeness (QED) is 0.688. The van der Waals surface area contributed by atoms with Gasteiger partial charge in [0, 0.05) is 29.3 Å². The van der Waals surface area contributed by atoms with Gasteiger partial charge >= 0.3 is 6.36 Å². The predicted molar refractivity (Wildman–Crippen MR) is 93.2 cm³/mol. The van der Waals surface area contributed by atoms with Crippen molar-refractivity contribution in [1.82, 2.24) is 9.97 Å². The van der Waals surface area contributed by atoms with Gasteiger partial charge in [-0.2, -0.15) is 0 Å². The Balaban J connectivity index is 1.72. The number of benzene rings is 2. The molecule has 0 aliphatic carbocycles. The van der Waals surface area contributed by atoms with Crippen molar-refractivity contribution in [2.45, 2.75) is 6.36 Å². The summed E-state index contributed by atoms with van der Waals surface area (Å²) in [6, 6.07) is 13.1. The van der Waals surface area contributed by atoms with Crippen LogP contribution in [-0.2, 0) is 0 Å². The van der Waals surface area contributed by atoms with Gasteiger partial charge in [0.2, 0.25) is 0 Å². The highest BCUT2D eigenvalue weighted by Gasteiger charge is 2.30. The second-order valence-electron chi connectivity index (χ2n) is 5.38. The van der Waals surface area contributed by atoms with Crippen molar-refractivity contribution in [1.29, 1.82) is 0 Å². The van der Waals surface area contributed by atoms with Gasteiger partial charge in [-0.25, -0.2) is 9.97 Å². The van der Waals surface area contributed by atoms with E-state index in [4.69, 9.17) is 0 Å². The molecule has 1 heterocycles. The maximum absolute atomic E-state index is 12.2. The Kier molecular flexibility index (Phi) is 4.88. The van der Waals surface area contributed by atoms with E-state index in [0.29, 0.717) is 11.4 Å². The highest BCUT2D eigenvalue weighted by Crippen LogP contribution is 2.26. The summed E-state index contributed by atoms with van der Waals surface area (Å²) in [5.74, 6) is -0.278. The van der Waals surface area contributed by atoms with Gasteiger partial charge in [0.25, 0.3) is 0 Å². The number of ether oxygens (including phenoxy) is 1. The Labute approximate surface area is 148 Å².